The van der Waals surface area contributed by atoms with Crippen LogP contribution in [-0.4, -0.2) is 22.0 Å². The minimum absolute atomic E-state index is 0.172. The van der Waals surface area contributed by atoms with Gasteiger partial charge in [-0.05, 0) is 38.0 Å². The summed E-state index contributed by atoms with van der Waals surface area (Å²) in [5.74, 6) is -0.354. The molecule has 0 N–H and O–H groups in total. The molecule has 0 bridgehead atoms. The van der Waals surface area contributed by atoms with Crippen molar-refractivity contribution in [3.8, 4) is 0 Å². The van der Waals surface area contributed by atoms with Crippen LogP contribution in [0.25, 0.3) is 5.57 Å². The van der Waals surface area contributed by atoms with Crippen LogP contribution in [-0.2, 0) is 16.1 Å². The minimum atomic E-state index is -0.182. The Labute approximate surface area is 167 Å². The Morgan fingerprint density at radius 1 is 1.00 bits per heavy atom. The van der Waals surface area contributed by atoms with Crippen molar-refractivity contribution in [1.82, 2.24) is 4.90 Å². The first-order valence-corrected chi connectivity index (χ1v) is 10.7. The van der Waals surface area contributed by atoms with Crippen molar-refractivity contribution < 1.29 is 9.59 Å². The molecule has 0 saturated heterocycles. The quantitative estimate of drug-likeness (QED) is 0.676. The van der Waals surface area contributed by atoms with Crippen LogP contribution >= 0.6 is 23.1 Å². The molecule has 0 fully saturated rings. The zero-order valence-corrected chi connectivity index (χ0v) is 17.2. The van der Waals surface area contributed by atoms with E-state index in [1.165, 1.54) is 4.90 Å². The van der Waals surface area contributed by atoms with Gasteiger partial charge in [-0.15, -0.1) is 23.1 Å². The molecule has 0 saturated carbocycles. The highest BCUT2D eigenvalue weighted by atomic mass is 32.2. The summed E-state index contributed by atoms with van der Waals surface area (Å²) in [5, 5.41) is 0.438. The van der Waals surface area contributed by atoms with Crippen LogP contribution in [0.3, 0.4) is 0 Å². The van der Waals surface area contributed by atoms with E-state index in [-0.39, 0.29) is 11.8 Å². The smallest absolute Gasteiger partial charge is 0.263 e. The topological polar surface area (TPSA) is 37.4 Å². The van der Waals surface area contributed by atoms with Crippen molar-refractivity contribution in [3.63, 3.8) is 0 Å². The molecule has 4 rings (SSSR count). The fourth-order valence-electron chi connectivity index (χ4n) is 3.37. The number of imide groups is 1. The molecule has 0 spiro atoms. The van der Waals surface area contributed by atoms with Crippen LogP contribution in [0.4, 0.5) is 0 Å². The number of thioether (sulfide) groups is 1. The Morgan fingerprint density at radius 3 is 2.30 bits per heavy atom. The van der Waals surface area contributed by atoms with E-state index in [4.69, 9.17) is 0 Å². The predicted octanol–water partition coefficient (Wildman–Crippen LogP) is 5.10. The largest absolute Gasteiger partial charge is 0.270 e. The van der Waals surface area contributed by atoms with Crippen LogP contribution in [0.15, 0.2) is 53.0 Å². The number of amides is 2. The summed E-state index contributed by atoms with van der Waals surface area (Å²) in [6, 6.07) is 11.9. The molecule has 2 aromatic rings. The molecular formula is C22H21NO2S2. The molecule has 5 heteroatoms. The van der Waals surface area contributed by atoms with Crippen molar-refractivity contribution >= 4 is 40.5 Å². The van der Waals surface area contributed by atoms with E-state index in [2.05, 4.69) is 13.0 Å². The summed E-state index contributed by atoms with van der Waals surface area (Å²) < 4.78 is 0. The number of nitrogens with zero attached hydrogens (tertiary/aromatic N) is 1. The van der Waals surface area contributed by atoms with Gasteiger partial charge in [0.25, 0.3) is 11.8 Å². The Bertz CT molecular complexity index is 982. The summed E-state index contributed by atoms with van der Waals surface area (Å²) >= 11 is 3.26. The number of rotatable bonds is 4. The Morgan fingerprint density at radius 2 is 1.70 bits per heavy atom. The van der Waals surface area contributed by atoms with E-state index >= 15 is 0 Å². The molecule has 0 aliphatic carbocycles. The molecular weight excluding hydrogens is 374 g/mol. The third-order valence-corrected chi connectivity index (χ3v) is 7.06. The van der Waals surface area contributed by atoms with Crippen LogP contribution < -0.4 is 0 Å². The number of carbonyl (C=O) groups excluding carboxylic acids is 2. The zero-order valence-electron chi connectivity index (χ0n) is 15.6. The van der Waals surface area contributed by atoms with Crippen molar-refractivity contribution in [2.75, 3.05) is 0 Å². The molecule has 3 heterocycles. The number of benzene rings is 1. The summed E-state index contributed by atoms with van der Waals surface area (Å²) in [6.45, 7) is 6.50. The van der Waals surface area contributed by atoms with Crippen LogP contribution in [0.1, 0.15) is 34.2 Å². The van der Waals surface area contributed by atoms with E-state index in [9.17, 15) is 9.59 Å². The second-order valence-corrected chi connectivity index (χ2v) is 9.84. The second-order valence-electron chi connectivity index (χ2n) is 7.07. The third kappa shape index (κ3) is 3.42. The Balaban J connectivity index is 1.74. The van der Waals surface area contributed by atoms with E-state index in [1.807, 2.05) is 50.2 Å². The van der Waals surface area contributed by atoms with Gasteiger partial charge in [-0.1, -0.05) is 42.8 Å². The summed E-state index contributed by atoms with van der Waals surface area (Å²) in [5.41, 5.74) is 3.28. The van der Waals surface area contributed by atoms with Gasteiger partial charge in [-0.25, -0.2) is 0 Å². The van der Waals surface area contributed by atoms with Crippen LogP contribution in [0.2, 0.25) is 0 Å². The van der Waals surface area contributed by atoms with Gasteiger partial charge in [0.15, 0.2) is 0 Å². The molecule has 3 nitrogen and oxygen atoms in total. The Kier molecular flexibility index (Phi) is 4.82. The van der Waals surface area contributed by atoms with Crippen molar-refractivity contribution in [3.05, 3.63) is 73.8 Å². The lowest BCUT2D eigenvalue weighted by atomic mass is 10.1. The normalized spacial score (nSPS) is 20.0. The standard InChI is InChI=1S/C22H21NO2S2/c1-13-4-8-16(9-5-13)12-23-21(24)19(17-10-6-14(2)26-17)20(22(23)25)18-11-7-15(3)27-18/h4-6,8-11,15H,7,12H2,1-3H3. The van der Waals surface area contributed by atoms with Gasteiger partial charge < -0.3 is 0 Å². The van der Waals surface area contributed by atoms with Gasteiger partial charge in [-0.3, -0.25) is 14.5 Å². The van der Waals surface area contributed by atoms with Crippen molar-refractivity contribution in [1.29, 1.82) is 0 Å². The minimum Gasteiger partial charge on any atom is -0.270 e. The number of thiophene rings is 1. The predicted molar refractivity (Wildman–Crippen MR) is 112 cm³/mol. The van der Waals surface area contributed by atoms with E-state index < -0.39 is 0 Å². The summed E-state index contributed by atoms with van der Waals surface area (Å²) in [4.78, 5) is 30.9. The molecule has 1 aromatic heterocycles. The first-order valence-electron chi connectivity index (χ1n) is 9.04. The van der Waals surface area contributed by atoms with Gasteiger partial charge >= 0.3 is 0 Å². The monoisotopic (exact) mass is 395 g/mol. The number of hydrogen-bond donors (Lipinski definition) is 0. The Hall–Kier alpha value is -2.11. The lowest BCUT2D eigenvalue weighted by molar-refractivity contribution is -0.137. The van der Waals surface area contributed by atoms with Crippen LogP contribution in [0.5, 0.6) is 0 Å². The van der Waals surface area contributed by atoms with Crippen LogP contribution in [0, 0.1) is 13.8 Å². The van der Waals surface area contributed by atoms with Gasteiger partial charge in [0.1, 0.15) is 0 Å². The van der Waals surface area contributed by atoms with E-state index in [0.717, 1.165) is 32.2 Å². The van der Waals surface area contributed by atoms with E-state index in [0.29, 0.717) is 22.9 Å². The maximum absolute atomic E-state index is 13.3. The fourth-order valence-corrected chi connectivity index (χ4v) is 5.40. The van der Waals surface area contributed by atoms with Gasteiger partial charge in [0, 0.05) is 19.9 Å². The highest BCUT2D eigenvalue weighted by Crippen LogP contribution is 2.44. The lowest BCUT2D eigenvalue weighted by Gasteiger charge is -2.15. The highest BCUT2D eigenvalue weighted by Gasteiger charge is 2.41. The zero-order chi connectivity index (χ0) is 19.1. The number of allylic oxidation sites excluding steroid dienone is 1. The van der Waals surface area contributed by atoms with Gasteiger partial charge in [0.05, 0.1) is 17.7 Å². The lowest BCUT2D eigenvalue weighted by Crippen LogP contribution is -2.31. The maximum atomic E-state index is 13.3. The second kappa shape index (κ2) is 7.13. The average Bonchev–Trinajstić information content (AvgIpc) is 3.31. The molecule has 138 valence electrons. The molecule has 0 radical (unpaired) electrons. The maximum Gasteiger partial charge on any atom is 0.263 e. The SMILES string of the molecule is Cc1ccc(CN2C(=O)C(C3=CCC(C)S3)=C(c3ccc(C)s3)C2=O)cc1. The number of carbonyl (C=O) groups is 2. The van der Waals surface area contributed by atoms with Gasteiger partial charge in [0.2, 0.25) is 0 Å². The molecule has 1 atom stereocenters. The fraction of sp³-hybridized carbons (Fsp3) is 0.273. The first-order chi connectivity index (χ1) is 12.9. The number of hydrogen-bond acceptors (Lipinski definition) is 4. The highest BCUT2D eigenvalue weighted by molar-refractivity contribution is 8.04. The summed E-state index contributed by atoms with van der Waals surface area (Å²) in [7, 11) is 0. The van der Waals surface area contributed by atoms with Crippen molar-refractivity contribution in [2.24, 2.45) is 0 Å². The molecule has 1 unspecified atom stereocenters. The molecule has 2 aliphatic heterocycles. The number of aryl methyl sites for hydroxylation is 2. The molecule has 2 amide bonds. The third-order valence-electron chi connectivity index (χ3n) is 4.83. The van der Waals surface area contributed by atoms with E-state index in [1.54, 1.807) is 23.1 Å². The average molecular weight is 396 g/mol. The molecule has 1 aromatic carbocycles. The first kappa shape index (κ1) is 18.3. The molecule has 27 heavy (non-hydrogen) atoms. The summed E-state index contributed by atoms with van der Waals surface area (Å²) in [6.07, 6.45) is 3.03. The molecule has 2 aliphatic rings. The van der Waals surface area contributed by atoms with Gasteiger partial charge in [-0.2, -0.15) is 0 Å². The van der Waals surface area contributed by atoms with Crippen molar-refractivity contribution in [2.45, 2.75) is 39.0 Å².